The van der Waals surface area contributed by atoms with Gasteiger partial charge in [0.15, 0.2) is 0 Å². The summed E-state index contributed by atoms with van der Waals surface area (Å²) >= 11 is 0. The number of carboxylic acids is 1. The molecule has 0 saturated heterocycles. The molecule has 0 aliphatic carbocycles. The third kappa shape index (κ3) is 2.71. The molecule has 0 amide bonds. The zero-order valence-electron chi connectivity index (χ0n) is 7.08. The molecule has 0 aliphatic heterocycles. The van der Waals surface area contributed by atoms with Crippen LogP contribution in [0, 0.1) is 10.1 Å². The van der Waals surface area contributed by atoms with Crippen LogP contribution in [0.5, 0.6) is 0 Å². The average molecular weight is 193 g/mol. The molecule has 0 aliphatic rings. The summed E-state index contributed by atoms with van der Waals surface area (Å²) in [5.74, 6) is -1.02. The van der Waals surface area contributed by atoms with E-state index in [9.17, 15) is 14.9 Å². The van der Waals surface area contributed by atoms with Gasteiger partial charge in [0.2, 0.25) is 6.20 Å². The summed E-state index contributed by atoms with van der Waals surface area (Å²) in [6.07, 6.45) is 2.10. The highest BCUT2D eigenvalue weighted by molar-refractivity contribution is 5.87. The second-order valence-corrected chi connectivity index (χ2v) is 2.53. The fraction of sp³-hybridized carbons (Fsp3) is 0. The Morgan fingerprint density at radius 1 is 1.36 bits per heavy atom. The number of carbonyl (C=O) groups is 1. The van der Waals surface area contributed by atoms with Crippen LogP contribution in [0.4, 0.5) is 0 Å². The summed E-state index contributed by atoms with van der Waals surface area (Å²) < 4.78 is 0. The topological polar surface area (TPSA) is 80.4 Å². The van der Waals surface area contributed by atoms with E-state index in [2.05, 4.69) is 0 Å². The normalized spacial score (nSPS) is 10.3. The molecule has 0 fully saturated rings. The zero-order chi connectivity index (χ0) is 10.6. The lowest BCUT2D eigenvalue weighted by atomic mass is 10.1. The standard InChI is InChI=1S/C9H7NO4/c11-9(12)8-3-1-7(2-4-8)5-6-10(13)14/h1-6H,(H,11,12)/b6-5+. The van der Waals surface area contributed by atoms with Crippen molar-refractivity contribution in [3.63, 3.8) is 0 Å². The van der Waals surface area contributed by atoms with Gasteiger partial charge in [-0.3, -0.25) is 10.1 Å². The van der Waals surface area contributed by atoms with E-state index in [0.29, 0.717) is 5.56 Å². The monoisotopic (exact) mass is 193 g/mol. The predicted octanol–water partition coefficient (Wildman–Crippen LogP) is 1.63. The Bertz CT molecular complexity index is 380. The molecule has 5 nitrogen and oxygen atoms in total. The van der Waals surface area contributed by atoms with Crippen molar-refractivity contribution in [2.24, 2.45) is 0 Å². The Balaban J connectivity index is 2.83. The summed E-state index contributed by atoms with van der Waals surface area (Å²) in [6.45, 7) is 0. The Hall–Kier alpha value is -2.17. The summed E-state index contributed by atoms with van der Waals surface area (Å²) in [4.78, 5) is 19.8. The van der Waals surface area contributed by atoms with Crippen LogP contribution >= 0.6 is 0 Å². The summed E-state index contributed by atoms with van der Waals surface area (Å²) in [5, 5.41) is 18.5. The second-order valence-electron chi connectivity index (χ2n) is 2.53. The number of aromatic carboxylic acids is 1. The van der Waals surface area contributed by atoms with Gasteiger partial charge in [0, 0.05) is 6.08 Å². The van der Waals surface area contributed by atoms with Gasteiger partial charge in [-0.2, -0.15) is 0 Å². The number of rotatable bonds is 3. The van der Waals surface area contributed by atoms with Gasteiger partial charge in [0.1, 0.15) is 0 Å². The molecule has 5 heteroatoms. The number of nitro groups is 1. The summed E-state index contributed by atoms with van der Waals surface area (Å²) in [6, 6.07) is 5.79. The minimum Gasteiger partial charge on any atom is -0.478 e. The van der Waals surface area contributed by atoms with Gasteiger partial charge in [-0.15, -0.1) is 0 Å². The fourth-order valence-corrected chi connectivity index (χ4v) is 0.884. The van der Waals surface area contributed by atoms with Crippen molar-refractivity contribution in [2.75, 3.05) is 0 Å². The van der Waals surface area contributed by atoms with Crippen molar-refractivity contribution >= 4 is 12.0 Å². The van der Waals surface area contributed by atoms with Crippen LogP contribution in [0.3, 0.4) is 0 Å². The molecule has 72 valence electrons. The highest BCUT2D eigenvalue weighted by Crippen LogP contribution is 2.05. The lowest BCUT2D eigenvalue weighted by molar-refractivity contribution is -0.400. The van der Waals surface area contributed by atoms with Gasteiger partial charge in [-0.05, 0) is 17.7 Å². The van der Waals surface area contributed by atoms with E-state index in [0.717, 1.165) is 6.20 Å². The van der Waals surface area contributed by atoms with Crippen molar-refractivity contribution in [1.29, 1.82) is 0 Å². The summed E-state index contributed by atoms with van der Waals surface area (Å²) in [5.41, 5.74) is 0.745. The van der Waals surface area contributed by atoms with Crippen molar-refractivity contribution in [3.05, 3.63) is 51.7 Å². The van der Waals surface area contributed by atoms with E-state index >= 15 is 0 Å². The minimum absolute atomic E-state index is 0.156. The van der Waals surface area contributed by atoms with E-state index in [-0.39, 0.29) is 5.56 Å². The number of hydrogen-bond acceptors (Lipinski definition) is 3. The van der Waals surface area contributed by atoms with Crippen LogP contribution in [0.25, 0.3) is 6.08 Å². The molecular weight excluding hydrogens is 186 g/mol. The number of carboxylic acid groups (broad SMARTS) is 1. The molecule has 1 N–H and O–H groups in total. The molecule has 1 aromatic rings. The van der Waals surface area contributed by atoms with Gasteiger partial charge < -0.3 is 5.11 Å². The van der Waals surface area contributed by atoms with Crippen LogP contribution in [-0.4, -0.2) is 16.0 Å². The molecule has 0 saturated carbocycles. The Morgan fingerprint density at radius 2 is 1.93 bits per heavy atom. The largest absolute Gasteiger partial charge is 0.478 e. The molecule has 1 aromatic carbocycles. The molecule has 0 heterocycles. The molecule has 14 heavy (non-hydrogen) atoms. The first-order valence-electron chi connectivity index (χ1n) is 3.74. The number of benzene rings is 1. The molecule has 0 unspecified atom stereocenters. The molecular formula is C9H7NO4. The third-order valence-electron chi connectivity index (χ3n) is 1.55. The zero-order valence-corrected chi connectivity index (χ0v) is 7.08. The average Bonchev–Trinajstić information content (AvgIpc) is 2.15. The lowest BCUT2D eigenvalue weighted by Crippen LogP contribution is -1.94. The van der Waals surface area contributed by atoms with Crippen LogP contribution < -0.4 is 0 Å². The Labute approximate surface area is 79.4 Å². The maximum atomic E-state index is 10.5. The van der Waals surface area contributed by atoms with Gasteiger partial charge >= 0.3 is 5.97 Å². The molecule has 0 aromatic heterocycles. The maximum absolute atomic E-state index is 10.5. The number of nitrogens with zero attached hydrogens (tertiary/aromatic N) is 1. The smallest absolute Gasteiger partial charge is 0.335 e. The molecule has 0 bridgehead atoms. The van der Waals surface area contributed by atoms with Gasteiger partial charge in [0.25, 0.3) is 0 Å². The van der Waals surface area contributed by atoms with Crippen molar-refractivity contribution in [1.82, 2.24) is 0 Å². The van der Waals surface area contributed by atoms with E-state index in [1.54, 1.807) is 0 Å². The Morgan fingerprint density at radius 3 is 2.36 bits per heavy atom. The third-order valence-corrected chi connectivity index (χ3v) is 1.55. The van der Waals surface area contributed by atoms with E-state index in [4.69, 9.17) is 5.11 Å². The highest BCUT2D eigenvalue weighted by atomic mass is 16.6. The minimum atomic E-state index is -1.02. The van der Waals surface area contributed by atoms with Crippen LogP contribution in [0.15, 0.2) is 30.5 Å². The van der Waals surface area contributed by atoms with Gasteiger partial charge in [-0.25, -0.2) is 4.79 Å². The van der Waals surface area contributed by atoms with Crippen molar-refractivity contribution in [3.8, 4) is 0 Å². The second kappa shape index (κ2) is 4.18. The van der Waals surface area contributed by atoms with E-state index < -0.39 is 10.9 Å². The first-order chi connectivity index (χ1) is 6.59. The highest BCUT2D eigenvalue weighted by Gasteiger charge is 2.00. The van der Waals surface area contributed by atoms with E-state index in [1.807, 2.05) is 0 Å². The molecule has 0 spiro atoms. The van der Waals surface area contributed by atoms with Crippen LogP contribution in [-0.2, 0) is 0 Å². The predicted molar refractivity (Wildman–Crippen MR) is 49.4 cm³/mol. The Kier molecular flexibility index (Phi) is 2.96. The lowest BCUT2D eigenvalue weighted by Gasteiger charge is -1.94. The SMILES string of the molecule is O=C(O)c1ccc(/C=C/[N+](=O)[O-])cc1. The molecule has 1 rings (SSSR count). The van der Waals surface area contributed by atoms with E-state index in [1.165, 1.54) is 30.3 Å². The van der Waals surface area contributed by atoms with Gasteiger partial charge in [0.05, 0.1) is 10.5 Å². The quantitative estimate of drug-likeness (QED) is 0.584. The molecule has 0 radical (unpaired) electrons. The molecule has 0 atom stereocenters. The van der Waals surface area contributed by atoms with Crippen LogP contribution in [0.2, 0.25) is 0 Å². The first kappa shape index (κ1) is 9.91. The van der Waals surface area contributed by atoms with Crippen molar-refractivity contribution in [2.45, 2.75) is 0 Å². The van der Waals surface area contributed by atoms with Crippen molar-refractivity contribution < 1.29 is 14.8 Å². The summed E-state index contributed by atoms with van der Waals surface area (Å²) in [7, 11) is 0. The first-order valence-corrected chi connectivity index (χ1v) is 3.74. The van der Waals surface area contributed by atoms with Gasteiger partial charge in [-0.1, -0.05) is 12.1 Å². The number of hydrogen-bond donors (Lipinski definition) is 1. The van der Waals surface area contributed by atoms with Crippen LogP contribution in [0.1, 0.15) is 15.9 Å². The fourth-order valence-electron chi connectivity index (χ4n) is 0.884. The maximum Gasteiger partial charge on any atom is 0.335 e.